The van der Waals surface area contributed by atoms with Gasteiger partial charge in [-0.25, -0.2) is 0 Å². The van der Waals surface area contributed by atoms with Crippen LogP contribution in [0.4, 0.5) is 5.69 Å². The molecule has 2 heterocycles. The van der Waals surface area contributed by atoms with E-state index in [2.05, 4.69) is 47.2 Å². The standard InChI is InChI=1S/C19H27N3O/c1-4-17-7-5-6-10-22(17)19(23)14(3)21-16-8-9-18-15(12-16)11-13(2)20-18/h8-9,11-12,14,17,20-21H,4-7,10H2,1-3H3. The largest absolute Gasteiger partial charge is 0.374 e. The second-order valence-corrected chi connectivity index (χ2v) is 6.71. The Bertz CT molecular complexity index is 691. The van der Waals surface area contributed by atoms with Crippen LogP contribution < -0.4 is 5.32 Å². The lowest BCUT2D eigenvalue weighted by Crippen LogP contribution is -2.49. The van der Waals surface area contributed by atoms with Crippen LogP contribution in [0.1, 0.15) is 45.2 Å². The van der Waals surface area contributed by atoms with Crippen LogP contribution in [0.2, 0.25) is 0 Å². The van der Waals surface area contributed by atoms with Crippen LogP contribution in [0.3, 0.4) is 0 Å². The molecule has 1 aromatic heterocycles. The average molecular weight is 313 g/mol. The molecule has 0 spiro atoms. The van der Waals surface area contributed by atoms with Crippen molar-refractivity contribution in [2.75, 3.05) is 11.9 Å². The van der Waals surface area contributed by atoms with Gasteiger partial charge in [-0.3, -0.25) is 4.79 Å². The molecule has 1 aliphatic heterocycles. The molecule has 124 valence electrons. The van der Waals surface area contributed by atoms with Gasteiger partial charge in [0.2, 0.25) is 5.91 Å². The van der Waals surface area contributed by atoms with E-state index in [1.807, 2.05) is 13.0 Å². The van der Waals surface area contributed by atoms with Gasteiger partial charge >= 0.3 is 0 Å². The summed E-state index contributed by atoms with van der Waals surface area (Å²) in [5.74, 6) is 0.224. The molecule has 2 N–H and O–H groups in total. The molecule has 0 radical (unpaired) electrons. The van der Waals surface area contributed by atoms with Gasteiger partial charge in [-0.1, -0.05) is 6.92 Å². The van der Waals surface area contributed by atoms with Crippen molar-refractivity contribution in [3.63, 3.8) is 0 Å². The number of carbonyl (C=O) groups excluding carboxylic acids is 1. The van der Waals surface area contributed by atoms with Crippen molar-refractivity contribution in [1.82, 2.24) is 9.88 Å². The number of anilines is 1. The molecule has 2 atom stereocenters. The first-order valence-electron chi connectivity index (χ1n) is 8.75. The molecule has 1 aromatic carbocycles. The summed E-state index contributed by atoms with van der Waals surface area (Å²) in [5, 5.41) is 4.56. The Morgan fingerprint density at radius 3 is 3.00 bits per heavy atom. The van der Waals surface area contributed by atoms with Crippen molar-refractivity contribution < 1.29 is 4.79 Å². The zero-order chi connectivity index (χ0) is 16.4. The normalized spacial score (nSPS) is 19.8. The van der Waals surface area contributed by atoms with Gasteiger partial charge in [0.1, 0.15) is 6.04 Å². The van der Waals surface area contributed by atoms with Crippen molar-refractivity contribution in [2.24, 2.45) is 0 Å². The maximum absolute atomic E-state index is 12.8. The maximum Gasteiger partial charge on any atom is 0.245 e. The summed E-state index contributed by atoms with van der Waals surface area (Å²) in [5.41, 5.74) is 3.29. The number of aromatic nitrogens is 1. The number of benzene rings is 1. The van der Waals surface area contributed by atoms with Gasteiger partial charge in [0.15, 0.2) is 0 Å². The van der Waals surface area contributed by atoms with Gasteiger partial charge in [0.05, 0.1) is 0 Å². The molecule has 0 aliphatic carbocycles. The highest BCUT2D eigenvalue weighted by Gasteiger charge is 2.28. The summed E-state index contributed by atoms with van der Waals surface area (Å²) in [6.07, 6.45) is 4.56. The Balaban J connectivity index is 1.71. The van der Waals surface area contributed by atoms with Crippen molar-refractivity contribution in [3.8, 4) is 0 Å². The van der Waals surface area contributed by atoms with Gasteiger partial charge in [-0.05, 0) is 63.8 Å². The minimum Gasteiger partial charge on any atom is -0.374 e. The fraction of sp³-hybridized carbons (Fsp3) is 0.526. The number of nitrogens with one attached hydrogen (secondary N) is 2. The summed E-state index contributed by atoms with van der Waals surface area (Å²) in [6, 6.07) is 8.56. The number of aryl methyl sites for hydroxylation is 1. The first-order valence-corrected chi connectivity index (χ1v) is 8.75. The second kappa shape index (κ2) is 6.65. The van der Waals surface area contributed by atoms with E-state index in [1.54, 1.807) is 0 Å². The van der Waals surface area contributed by atoms with E-state index in [0.717, 1.165) is 42.7 Å². The van der Waals surface area contributed by atoms with Crippen molar-refractivity contribution in [3.05, 3.63) is 30.0 Å². The summed E-state index contributed by atoms with van der Waals surface area (Å²) < 4.78 is 0. The monoisotopic (exact) mass is 313 g/mol. The lowest BCUT2D eigenvalue weighted by atomic mass is 9.99. The van der Waals surface area contributed by atoms with E-state index in [4.69, 9.17) is 0 Å². The third-order valence-corrected chi connectivity index (χ3v) is 4.89. The zero-order valence-electron chi connectivity index (χ0n) is 14.4. The number of H-pyrrole nitrogens is 1. The summed E-state index contributed by atoms with van der Waals surface area (Å²) in [6.45, 7) is 7.10. The SMILES string of the molecule is CCC1CCCCN1C(=O)C(C)Nc1ccc2[nH]c(C)cc2c1. The van der Waals surface area contributed by atoms with Crippen LogP contribution in [0, 0.1) is 6.92 Å². The van der Waals surface area contributed by atoms with E-state index in [-0.39, 0.29) is 11.9 Å². The highest BCUT2D eigenvalue weighted by atomic mass is 16.2. The lowest BCUT2D eigenvalue weighted by molar-refractivity contribution is -0.135. The molecule has 0 saturated carbocycles. The van der Waals surface area contributed by atoms with Crippen molar-refractivity contribution in [2.45, 2.75) is 58.5 Å². The minimum absolute atomic E-state index is 0.195. The molecule has 23 heavy (non-hydrogen) atoms. The maximum atomic E-state index is 12.8. The number of rotatable bonds is 4. The van der Waals surface area contributed by atoms with Gasteiger partial charge < -0.3 is 15.2 Å². The highest BCUT2D eigenvalue weighted by molar-refractivity contribution is 5.87. The Hall–Kier alpha value is -1.97. The van der Waals surface area contributed by atoms with Gasteiger partial charge in [-0.15, -0.1) is 0 Å². The van der Waals surface area contributed by atoms with Crippen LogP contribution in [0.5, 0.6) is 0 Å². The molecule has 0 bridgehead atoms. The minimum atomic E-state index is -0.195. The molecule has 3 rings (SSSR count). The third kappa shape index (κ3) is 3.36. The predicted octanol–water partition coefficient (Wildman–Crippen LogP) is 4.07. The number of hydrogen-bond donors (Lipinski definition) is 2. The molecule has 1 amide bonds. The summed E-state index contributed by atoms with van der Waals surface area (Å²) in [7, 11) is 0. The van der Waals surface area contributed by atoms with Crippen LogP contribution in [-0.4, -0.2) is 34.4 Å². The molecular formula is C19H27N3O. The Morgan fingerprint density at radius 1 is 1.39 bits per heavy atom. The number of nitrogens with zero attached hydrogens (tertiary/aromatic N) is 1. The van der Waals surface area contributed by atoms with E-state index in [9.17, 15) is 4.79 Å². The number of aromatic amines is 1. The fourth-order valence-corrected chi connectivity index (χ4v) is 3.64. The van der Waals surface area contributed by atoms with Crippen LogP contribution >= 0.6 is 0 Å². The lowest BCUT2D eigenvalue weighted by Gasteiger charge is -2.37. The Morgan fingerprint density at radius 2 is 2.22 bits per heavy atom. The van der Waals surface area contributed by atoms with Crippen LogP contribution in [0.15, 0.2) is 24.3 Å². The quantitative estimate of drug-likeness (QED) is 0.894. The molecule has 2 unspecified atom stereocenters. The molecular weight excluding hydrogens is 286 g/mol. The molecule has 1 aliphatic rings. The predicted molar refractivity (Wildman–Crippen MR) is 95.8 cm³/mol. The Kier molecular flexibility index (Phi) is 4.60. The van der Waals surface area contributed by atoms with E-state index >= 15 is 0 Å². The number of hydrogen-bond acceptors (Lipinski definition) is 2. The van der Waals surface area contributed by atoms with Gasteiger partial charge in [0.25, 0.3) is 0 Å². The molecule has 1 saturated heterocycles. The van der Waals surface area contributed by atoms with E-state index in [0.29, 0.717) is 6.04 Å². The fourth-order valence-electron chi connectivity index (χ4n) is 3.64. The molecule has 1 fully saturated rings. The number of likely N-dealkylation sites (tertiary alicyclic amines) is 1. The molecule has 2 aromatic rings. The topological polar surface area (TPSA) is 48.1 Å². The first kappa shape index (κ1) is 15.9. The van der Waals surface area contributed by atoms with Gasteiger partial charge in [0, 0.05) is 34.9 Å². The molecule has 4 heteroatoms. The smallest absolute Gasteiger partial charge is 0.245 e. The number of fused-ring (bicyclic) bond motifs is 1. The summed E-state index contributed by atoms with van der Waals surface area (Å²) in [4.78, 5) is 18.2. The van der Waals surface area contributed by atoms with Gasteiger partial charge in [-0.2, -0.15) is 0 Å². The van der Waals surface area contributed by atoms with E-state index < -0.39 is 0 Å². The second-order valence-electron chi connectivity index (χ2n) is 6.71. The zero-order valence-corrected chi connectivity index (χ0v) is 14.4. The van der Waals surface area contributed by atoms with E-state index in [1.165, 1.54) is 11.8 Å². The summed E-state index contributed by atoms with van der Waals surface area (Å²) >= 11 is 0. The van der Waals surface area contributed by atoms with Crippen molar-refractivity contribution in [1.29, 1.82) is 0 Å². The number of amides is 1. The third-order valence-electron chi connectivity index (χ3n) is 4.89. The highest BCUT2D eigenvalue weighted by Crippen LogP contribution is 2.23. The number of piperidine rings is 1. The number of carbonyl (C=O) groups is 1. The molecule has 4 nitrogen and oxygen atoms in total. The van der Waals surface area contributed by atoms with Crippen LogP contribution in [0.25, 0.3) is 10.9 Å². The van der Waals surface area contributed by atoms with Crippen LogP contribution in [-0.2, 0) is 4.79 Å². The average Bonchev–Trinajstić information content (AvgIpc) is 2.93. The van der Waals surface area contributed by atoms with Crippen molar-refractivity contribution >= 4 is 22.5 Å². The first-order chi connectivity index (χ1) is 11.1. The Labute approximate surface area is 138 Å².